The maximum Gasteiger partial charge on any atom is 0.341 e. The number of ketones is 1. The molecule has 1 aromatic heterocycles. The lowest BCUT2D eigenvalue weighted by Gasteiger charge is -2.02. The van der Waals surface area contributed by atoms with E-state index in [1.54, 1.807) is 19.1 Å². The largest absolute Gasteiger partial charge is 0.462 e. The summed E-state index contributed by atoms with van der Waals surface area (Å²) in [7, 11) is 0. The zero-order valence-corrected chi connectivity index (χ0v) is 12.0. The van der Waals surface area contributed by atoms with Gasteiger partial charge in [0.25, 0.3) is 0 Å². The number of ether oxygens (including phenoxy) is 1. The van der Waals surface area contributed by atoms with E-state index in [-0.39, 0.29) is 18.0 Å². The van der Waals surface area contributed by atoms with Crippen LogP contribution in [0.15, 0.2) is 52.5 Å². The molecule has 0 unspecified atom stereocenters. The zero-order chi connectivity index (χ0) is 15.2. The number of hydrogen-bond donors (Lipinski definition) is 0. The number of benzene rings is 1. The van der Waals surface area contributed by atoms with Crippen molar-refractivity contribution in [2.45, 2.75) is 13.8 Å². The Bertz CT molecular complexity index is 665. The number of furan rings is 1. The van der Waals surface area contributed by atoms with Crippen LogP contribution in [0.2, 0.25) is 0 Å². The third-order valence-corrected chi connectivity index (χ3v) is 2.85. The van der Waals surface area contributed by atoms with Crippen molar-refractivity contribution in [1.82, 2.24) is 0 Å². The van der Waals surface area contributed by atoms with Crippen molar-refractivity contribution in [2.24, 2.45) is 0 Å². The van der Waals surface area contributed by atoms with Gasteiger partial charge in [0.15, 0.2) is 5.78 Å². The lowest BCUT2D eigenvalue weighted by Crippen LogP contribution is -2.13. The third-order valence-electron chi connectivity index (χ3n) is 2.85. The molecule has 0 N–H and O–H groups in total. The van der Waals surface area contributed by atoms with E-state index in [1.165, 1.54) is 13.0 Å². The molecule has 0 fully saturated rings. The smallest absolute Gasteiger partial charge is 0.341 e. The van der Waals surface area contributed by atoms with Crippen LogP contribution in [-0.2, 0) is 14.3 Å². The molecule has 0 bridgehead atoms. The molecule has 0 amide bonds. The van der Waals surface area contributed by atoms with Gasteiger partial charge in [0.05, 0.1) is 6.61 Å². The molecule has 1 aromatic carbocycles. The van der Waals surface area contributed by atoms with E-state index in [2.05, 4.69) is 0 Å². The number of carbonyl (C=O) groups is 2. The molecule has 1 heterocycles. The van der Waals surface area contributed by atoms with Gasteiger partial charge in [0.2, 0.25) is 0 Å². The Hall–Kier alpha value is -2.62. The topological polar surface area (TPSA) is 56.5 Å². The lowest BCUT2D eigenvalue weighted by molar-refractivity contribution is -0.139. The maximum atomic E-state index is 11.7. The van der Waals surface area contributed by atoms with Crippen molar-refractivity contribution in [2.75, 3.05) is 6.61 Å². The van der Waals surface area contributed by atoms with E-state index in [4.69, 9.17) is 9.15 Å². The summed E-state index contributed by atoms with van der Waals surface area (Å²) in [6.45, 7) is 3.23. The van der Waals surface area contributed by atoms with Crippen LogP contribution in [0, 0.1) is 0 Å². The number of hydrogen-bond acceptors (Lipinski definition) is 4. The monoisotopic (exact) mass is 284 g/mol. The summed E-state index contributed by atoms with van der Waals surface area (Å²) in [5, 5.41) is 0. The van der Waals surface area contributed by atoms with Crippen LogP contribution in [0.1, 0.15) is 19.6 Å². The van der Waals surface area contributed by atoms with E-state index in [0.717, 1.165) is 5.56 Å². The minimum Gasteiger partial charge on any atom is -0.462 e. The number of rotatable bonds is 5. The first-order valence-corrected chi connectivity index (χ1v) is 6.67. The molecular weight excluding hydrogens is 268 g/mol. The van der Waals surface area contributed by atoms with Gasteiger partial charge in [0, 0.05) is 5.56 Å². The highest BCUT2D eigenvalue weighted by Crippen LogP contribution is 2.23. The van der Waals surface area contributed by atoms with Gasteiger partial charge in [-0.1, -0.05) is 30.3 Å². The molecule has 21 heavy (non-hydrogen) atoms. The number of carbonyl (C=O) groups excluding carboxylic acids is 2. The van der Waals surface area contributed by atoms with E-state index in [1.807, 2.05) is 30.3 Å². The fourth-order valence-corrected chi connectivity index (χ4v) is 1.84. The predicted octanol–water partition coefficient (Wildman–Crippen LogP) is 3.48. The second-order valence-electron chi connectivity index (χ2n) is 4.40. The summed E-state index contributed by atoms with van der Waals surface area (Å²) in [5.74, 6) is 0.120. The van der Waals surface area contributed by atoms with Crippen LogP contribution in [0.4, 0.5) is 0 Å². The molecule has 0 radical (unpaired) electrons. The molecule has 0 atom stereocenters. The van der Waals surface area contributed by atoms with Gasteiger partial charge in [-0.3, -0.25) is 4.79 Å². The van der Waals surface area contributed by atoms with Crippen LogP contribution in [0.25, 0.3) is 17.4 Å². The first kappa shape index (κ1) is 14.8. The van der Waals surface area contributed by atoms with Crippen LogP contribution in [0.3, 0.4) is 0 Å². The zero-order valence-electron chi connectivity index (χ0n) is 12.0. The van der Waals surface area contributed by atoms with Gasteiger partial charge >= 0.3 is 5.97 Å². The molecule has 0 aliphatic heterocycles. The fraction of sp³-hybridized carbons (Fsp3) is 0.176. The Morgan fingerprint density at radius 3 is 2.48 bits per heavy atom. The highest BCUT2D eigenvalue weighted by molar-refractivity contribution is 6.19. The molecule has 4 heteroatoms. The Kier molecular flexibility index (Phi) is 4.72. The number of esters is 1. The van der Waals surface area contributed by atoms with E-state index >= 15 is 0 Å². The van der Waals surface area contributed by atoms with Crippen molar-refractivity contribution in [3.05, 3.63) is 53.8 Å². The van der Waals surface area contributed by atoms with Crippen LogP contribution < -0.4 is 0 Å². The second-order valence-corrected chi connectivity index (χ2v) is 4.40. The van der Waals surface area contributed by atoms with Gasteiger partial charge < -0.3 is 9.15 Å². The molecule has 0 spiro atoms. The molecule has 0 aliphatic rings. The minimum atomic E-state index is -0.636. The predicted molar refractivity (Wildman–Crippen MR) is 79.4 cm³/mol. The van der Waals surface area contributed by atoms with Crippen molar-refractivity contribution >= 4 is 17.8 Å². The lowest BCUT2D eigenvalue weighted by atomic mass is 10.1. The van der Waals surface area contributed by atoms with Crippen LogP contribution in [0.5, 0.6) is 0 Å². The first-order chi connectivity index (χ1) is 10.1. The molecule has 2 rings (SSSR count). The normalized spacial score (nSPS) is 11.2. The number of Topliss-reactive ketones (excluding diaryl/α,β-unsaturated/α-hetero) is 1. The SMILES string of the molecule is CCOC(=O)/C(=C/c1ccc(-c2ccccc2)o1)C(C)=O. The molecule has 0 saturated carbocycles. The summed E-state index contributed by atoms with van der Waals surface area (Å²) in [6, 6.07) is 13.1. The van der Waals surface area contributed by atoms with Gasteiger partial charge in [-0.2, -0.15) is 0 Å². The van der Waals surface area contributed by atoms with Crippen LogP contribution in [-0.4, -0.2) is 18.4 Å². The summed E-state index contributed by atoms with van der Waals surface area (Å²) < 4.78 is 10.5. The summed E-state index contributed by atoms with van der Waals surface area (Å²) >= 11 is 0. The summed E-state index contributed by atoms with van der Waals surface area (Å²) in [4.78, 5) is 23.2. The Labute approximate surface area is 123 Å². The Morgan fingerprint density at radius 2 is 1.86 bits per heavy atom. The highest BCUT2D eigenvalue weighted by Gasteiger charge is 2.16. The van der Waals surface area contributed by atoms with Gasteiger partial charge in [0.1, 0.15) is 17.1 Å². The average Bonchev–Trinajstić information content (AvgIpc) is 2.94. The third kappa shape index (κ3) is 3.69. The second kappa shape index (κ2) is 6.70. The Morgan fingerprint density at radius 1 is 1.14 bits per heavy atom. The summed E-state index contributed by atoms with van der Waals surface area (Å²) in [6.07, 6.45) is 1.41. The van der Waals surface area contributed by atoms with Gasteiger partial charge in [-0.15, -0.1) is 0 Å². The minimum absolute atomic E-state index is 0.0224. The van der Waals surface area contributed by atoms with Gasteiger partial charge in [-0.05, 0) is 32.1 Å². The van der Waals surface area contributed by atoms with E-state index in [0.29, 0.717) is 11.5 Å². The molecule has 0 saturated heterocycles. The van der Waals surface area contributed by atoms with Crippen LogP contribution >= 0.6 is 0 Å². The summed E-state index contributed by atoms with van der Waals surface area (Å²) in [5.41, 5.74) is 0.906. The molecular formula is C17H16O4. The van der Waals surface area contributed by atoms with E-state index < -0.39 is 5.97 Å². The molecule has 108 valence electrons. The Balaban J connectivity index is 2.29. The quantitative estimate of drug-likeness (QED) is 0.365. The molecule has 0 aliphatic carbocycles. The first-order valence-electron chi connectivity index (χ1n) is 6.67. The average molecular weight is 284 g/mol. The van der Waals surface area contributed by atoms with Crippen molar-refractivity contribution in [1.29, 1.82) is 0 Å². The fourth-order valence-electron chi connectivity index (χ4n) is 1.84. The van der Waals surface area contributed by atoms with Crippen molar-refractivity contribution < 1.29 is 18.7 Å². The highest BCUT2D eigenvalue weighted by atomic mass is 16.5. The van der Waals surface area contributed by atoms with Crippen molar-refractivity contribution in [3.63, 3.8) is 0 Å². The van der Waals surface area contributed by atoms with Crippen molar-refractivity contribution in [3.8, 4) is 11.3 Å². The molecule has 2 aromatic rings. The molecule has 4 nitrogen and oxygen atoms in total. The van der Waals surface area contributed by atoms with Gasteiger partial charge in [-0.25, -0.2) is 4.79 Å². The maximum absolute atomic E-state index is 11.7. The van der Waals surface area contributed by atoms with E-state index in [9.17, 15) is 9.59 Å². The standard InChI is InChI=1S/C17H16O4/c1-3-20-17(19)15(12(2)18)11-14-9-10-16(21-14)13-7-5-4-6-8-13/h4-11H,3H2,1-2H3/b15-11+.